The number of piperidine rings is 1. The number of halogens is 3. The smallest absolute Gasteiger partial charge is 0.416 e. The first-order valence-corrected chi connectivity index (χ1v) is 7.11. The van der Waals surface area contributed by atoms with Gasteiger partial charge in [0.05, 0.1) is 11.5 Å². The van der Waals surface area contributed by atoms with Crippen molar-refractivity contribution in [2.75, 3.05) is 19.7 Å². The number of benzene rings is 1. The van der Waals surface area contributed by atoms with Crippen LogP contribution in [0.15, 0.2) is 24.3 Å². The molecule has 1 aliphatic heterocycles. The number of hydrogen-bond donors (Lipinski definition) is 2. The maximum absolute atomic E-state index is 12.5. The van der Waals surface area contributed by atoms with E-state index >= 15 is 0 Å². The van der Waals surface area contributed by atoms with Crippen LogP contribution in [0.1, 0.15) is 18.4 Å². The maximum Gasteiger partial charge on any atom is 0.416 e. The Bertz CT molecular complexity index is 496. The summed E-state index contributed by atoms with van der Waals surface area (Å²) in [4.78, 5) is 11.4. The number of hydrogen-bond acceptors (Lipinski definition) is 3. The second-order valence-corrected chi connectivity index (χ2v) is 5.37. The Kier molecular flexibility index (Phi) is 5.28. The molecule has 1 aliphatic rings. The van der Waals surface area contributed by atoms with Crippen molar-refractivity contribution >= 4 is 5.97 Å². The standard InChI is InChI=1S/C15H18F3NO3/c16-15(17,18)11-1-3-12(4-2-11)22-9-13(14(20)21)10-5-7-19-8-6-10/h1-4,10,13,19H,5-9H2,(H,20,21). The molecular formula is C15H18F3NO3. The Morgan fingerprint density at radius 1 is 1.27 bits per heavy atom. The first kappa shape index (κ1) is 16.6. The largest absolute Gasteiger partial charge is 0.493 e. The first-order chi connectivity index (χ1) is 10.4. The lowest BCUT2D eigenvalue weighted by atomic mass is 9.85. The third kappa shape index (κ3) is 4.37. The van der Waals surface area contributed by atoms with Gasteiger partial charge in [0.25, 0.3) is 0 Å². The van der Waals surface area contributed by atoms with Gasteiger partial charge in [-0.3, -0.25) is 4.79 Å². The van der Waals surface area contributed by atoms with Gasteiger partial charge in [-0.1, -0.05) is 0 Å². The minimum atomic E-state index is -4.39. The van der Waals surface area contributed by atoms with Crippen LogP contribution in [0.25, 0.3) is 0 Å². The Hall–Kier alpha value is -1.76. The highest BCUT2D eigenvalue weighted by atomic mass is 19.4. The highest BCUT2D eigenvalue weighted by Gasteiger charge is 2.31. The molecule has 1 unspecified atom stereocenters. The number of carboxylic acid groups (broad SMARTS) is 1. The second kappa shape index (κ2) is 7.00. The van der Waals surface area contributed by atoms with Gasteiger partial charge in [0, 0.05) is 0 Å². The molecule has 0 radical (unpaired) electrons. The Balaban J connectivity index is 1.95. The average Bonchev–Trinajstić information content (AvgIpc) is 2.48. The van der Waals surface area contributed by atoms with Crippen molar-refractivity contribution in [2.24, 2.45) is 11.8 Å². The van der Waals surface area contributed by atoms with Crippen LogP contribution in [0.2, 0.25) is 0 Å². The molecule has 22 heavy (non-hydrogen) atoms. The molecule has 0 amide bonds. The van der Waals surface area contributed by atoms with Crippen molar-refractivity contribution in [1.82, 2.24) is 5.32 Å². The third-order valence-corrected chi connectivity index (χ3v) is 3.88. The number of carboxylic acids is 1. The zero-order valence-corrected chi connectivity index (χ0v) is 11.9. The van der Waals surface area contributed by atoms with Gasteiger partial charge in [-0.05, 0) is 56.1 Å². The summed E-state index contributed by atoms with van der Waals surface area (Å²) in [6, 6.07) is 4.28. The molecule has 7 heteroatoms. The van der Waals surface area contributed by atoms with E-state index in [-0.39, 0.29) is 18.3 Å². The van der Waals surface area contributed by atoms with Gasteiger partial charge in [0.2, 0.25) is 0 Å². The molecule has 1 fully saturated rings. The lowest BCUT2D eigenvalue weighted by Crippen LogP contribution is -2.37. The third-order valence-electron chi connectivity index (χ3n) is 3.88. The highest BCUT2D eigenvalue weighted by Crippen LogP contribution is 2.30. The second-order valence-electron chi connectivity index (χ2n) is 5.37. The molecule has 0 saturated carbocycles. The van der Waals surface area contributed by atoms with E-state index in [0.29, 0.717) is 0 Å². The van der Waals surface area contributed by atoms with Gasteiger partial charge in [-0.25, -0.2) is 0 Å². The summed E-state index contributed by atoms with van der Waals surface area (Å²) in [5.41, 5.74) is -0.756. The van der Waals surface area contributed by atoms with E-state index in [2.05, 4.69) is 5.32 Å². The zero-order valence-electron chi connectivity index (χ0n) is 11.9. The van der Waals surface area contributed by atoms with Crippen molar-refractivity contribution in [3.8, 4) is 5.75 Å². The lowest BCUT2D eigenvalue weighted by molar-refractivity contribution is -0.145. The Morgan fingerprint density at radius 2 is 1.86 bits per heavy atom. The van der Waals surface area contributed by atoms with E-state index < -0.39 is 23.6 Å². The van der Waals surface area contributed by atoms with Crippen molar-refractivity contribution < 1.29 is 27.8 Å². The van der Waals surface area contributed by atoms with Crippen molar-refractivity contribution in [3.63, 3.8) is 0 Å². The van der Waals surface area contributed by atoms with Gasteiger partial charge < -0.3 is 15.2 Å². The topological polar surface area (TPSA) is 58.6 Å². The number of ether oxygens (including phenoxy) is 1. The number of alkyl halides is 3. The lowest BCUT2D eigenvalue weighted by Gasteiger charge is -2.28. The van der Waals surface area contributed by atoms with Gasteiger partial charge in [0.15, 0.2) is 0 Å². The van der Waals surface area contributed by atoms with Crippen LogP contribution in [0.3, 0.4) is 0 Å². The Labute approximate surface area is 126 Å². The van der Waals surface area contributed by atoms with Crippen LogP contribution in [-0.4, -0.2) is 30.8 Å². The summed E-state index contributed by atoms with van der Waals surface area (Å²) in [6.45, 7) is 1.51. The first-order valence-electron chi connectivity index (χ1n) is 7.11. The van der Waals surface area contributed by atoms with Gasteiger partial charge in [0.1, 0.15) is 12.4 Å². The molecule has 2 N–H and O–H groups in total. The van der Waals surface area contributed by atoms with E-state index in [1.165, 1.54) is 12.1 Å². The van der Waals surface area contributed by atoms with Crippen LogP contribution >= 0.6 is 0 Å². The minimum Gasteiger partial charge on any atom is -0.493 e. The quantitative estimate of drug-likeness (QED) is 0.877. The minimum absolute atomic E-state index is 0.0215. The number of aliphatic carboxylic acids is 1. The summed E-state index contributed by atoms with van der Waals surface area (Å²) < 4.78 is 42.8. The average molecular weight is 317 g/mol. The predicted octanol–water partition coefficient (Wildman–Crippen LogP) is 2.78. The maximum atomic E-state index is 12.5. The SMILES string of the molecule is O=C(O)C(COc1ccc(C(F)(F)F)cc1)C1CCNCC1. The zero-order chi connectivity index (χ0) is 16.2. The monoisotopic (exact) mass is 317 g/mol. The summed E-state index contributed by atoms with van der Waals surface area (Å²) in [5.74, 6) is -1.32. The molecule has 122 valence electrons. The van der Waals surface area contributed by atoms with Crippen LogP contribution in [0, 0.1) is 11.8 Å². The molecule has 4 nitrogen and oxygen atoms in total. The molecular weight excluding hydrogens is 299 g/mol. The molecule has 1 aromatic carbocycles. The van der Waals surface area contributed by atoms with E-state index in [1.54, 1.807) is 0 Å². The number of rotatable bonds is 5. The molecule has 1 saturated heterocycles. The molecule has 1 atom stereocenters. The van der Waals surface area contributed by atoms with Gasteiger partial charge >= 0.3 is 12.1 Å². The summed E-state index contributed by atoms with van der Waals surface area (Å²) >= 11 is 0. The molecule has 1 heterocycles. The summed E-state index contributed by atoms with van der Waals surface area (Å²) in [6.07, 6.45) is -2.88. The van der Waals surface area contributed by atoms with Crippen LogP contribution in [-0.2, 0) is 11.0 Å². The normalized spacial score (nSPS) is 18.0. The van der Waals surface area contributed by atoms with Gasteiger partial charge in [-0.2, -0.15) is 13.2 Å². The summed E-state index contributed by atoms with van der Waals surface area (Å²) in [5, 5.41) is 12.5. The predicted molar refractivity (Wildman–Crippen MR) is 73.7 cm³/mol. The van der Waals surface area contributed by atoms with Crippen LogP contribution in [0.5, 0.6) is 5.75 Å². The van der Waals surface area contributed by atoms with Crippen LogP contribution < -0.4 is 10.1 Å². The number of nitrogens with one attached hydrogen (secondary N) is 1. The fourth-order valence-corrected chi connectivity index (χ4v) is 2.58. The molecule has 0 spiro atoms. The molecule has 0 bridgehead atoms. The molecule has 1 aromatic rings. The molecule has 0 aliphatic carbocycles. The van der Waals surface area contributed by atoms with Crippen LogP contribution in [0.4, 0.5) is 13.2 Å². The highest BCUT2D eigenvalue weighted by molar-refractivity contribution is 5.70. The molecule has 0 aromatic heterocycles. The van der Waals surface area contributed by atoms with E-state index in [4.69, 9.17) is 4.74 Å². The Morgan fingerprint density at radius 3 is 2.36 bits per heavy atom. The van der Waals surface area contributed by atoms with E-state index in [9.17, 15) is 23.1 Å². The van der Waals surface area contributed by atoms with Crippen molar-refractivity contribution in [3.05, 3.63) is 29.8 Å². The van der Waals surface area contributed by atoms with E-state index in [0.717, 1.165) is 38.1 Å². The van der Waals surface area contributed by atoms with Gasteiger partial charge in [-0.15, -0.1) is 0 Å². The number of carbonyl (C=O) groups is 1. The van der Waals surface area contributed by atoms with Crippen molar-refractivity contribution in [1.29, 1.82) is 0 Å². The van der Waals surface area contributed by atoms with Crippen molar-refractivity contribution in [2.45, 2.75) is 19.0 Å². The molecule has 2 rings (SSSR count). The van der Waals surface area contributed by atoms with E-state index in [1.807, 2.05) is 0 Å². The summed E-state index contributed by atoms with van der Waals surface area (Å²) in [7, 11) is 0. The fraction of sp³-hybridized carbons (Fsp3) is 0.533. The fourth-order valence-electron chi connectivity index (χ4n) is 2.58.